The first-order chi connectivity index (χ1) is 11.6. The molecule has 0 bridgehead atoms. The average molecular weight is 343 g/mol. The van der Waals surface area contributed by atoms with E-state index in [1.165, 1.54) is 0 Å². The number of rotatable bonds is 3. The van der Waals surface area contributed by atoms with Gasteiger partial charge in [0.25, 0.3) is 0 Å². The minimum absolute atomic E-state index is 0.0566. The number of carbonyl (C=O) groups excluding carboxylic acids is 2. The Morgan fingerprint density at radius 2 is 2.29 bits per heavy atom. The quantitative estimate of drug-likeness (QED) is 0.917. The Morgan fingerprint density at radius 1 is 1.42 bits per heavy atom. The second-order valence-electron chi connectivity index (χ2n) is 6.08. The van der Waals surface area contributed by atoms with Gasteiger partial charge in [0.05, 0.1) is 10.6 Å². The van der Waals surface area contributed by atoms with E-state index in [2.05, 4.69) is 15.4 Å². The second-order valence-corrected chi connectivity index (χ2v) is 7.58. The fraction of sp³-hybridized carbons (Fsp3) is 0.375. The van der Waals surface area contributed by atoms with Gasteiger partial charge < -0.3 is 10.2 Å². The summed E-state index contributed by atoms with van der Waals surface area (Å²) < 4.78 is 1.60. The molecule has 0 spiro atoms. The third-order valence-electron chi connectivity index (χ3n) is 4.51. The molecule has 4 rings (SSSR count). The van der Waals surface area contributed by atoms with Gasteiger partial charge in [-0.2, -0.15) is 5.10 Å². The van der Waals surface area contributed by atoms with Gasteiger partial charge in [0.1, 0.15) is 6.04 Å². The zero-order valence-electron chi connectivity index (χ0n) is 13.2. The molecule has 1 N–H and O–H groups in total. The summed E-state index contributed by atoms with van der Waals surface area (Å²) in [5.74, 6) is 1.05. The second kappa shape index (κ2) is 5.62. The molecule has 24 heavy (non-hydrogen) atoms. The Hall–Kier alpha value is -2.35. The van der Waals surface area contributed by atoms with Crippen molar-refractivity contribution in [1.82, 2.24) is 19.7 Å². The van der Waals surface area contributed by atoms with Crippen molar-refractivity contribution in [3.8, 4) is 5.82 Å². The topological polar surface area (TPSA) is 80.1 Å². The van der Waals surface area contributed by atoms with E-state index in [0.717, 1.165) is 6.42 Å². The molecule has 8 heteroatoms. The van der Waals surface area contributed by atoms with Gasteiger partial charge in [-0.1, -0.05) is 0 Å². The van der Waals surface area contributed by atoms with Gasteiger partial charge in [-0.05, 0) is 31.5 Å². The number of thioether (sulfide) groups is 1. The Kier molecular flexibility index (Phi) is 3.56. The molecule has 0 radical (unpaired) electrons. The van der Waals surface area contributed by atoms with E-state index >= 15 is 0 Å². The van der Waals surface area contributed by atoms with E-state index in [1.54, 1.807) is 58.1 Å². The normalized spacial score (nSPS) is 25.8. The molecule has 124 valence electrons. The average Bonchev–Trinajstić information content (AvgIpc) is 3.26. The number of anilines is 1. The highest BCUT2D eigenvalue weighted by atomic mass is 32.2. The molecule has 0 aromatic carbocycles. The molecule has 0 aliphatic carbocycles. The van der Waals surface area contributed by atoms with Crippen LogP contribution in [0, 0.1) is 0 Å². The molecule has 2 aromatic heterocycles. The van der Waals surface area contributed by atoms with Crippen LogP contribution < -0.4 is 5.32 Å². The van der Waals surface area contributed by atoms with Crippen molar-refractivity contribution in [1.29, 1.82) is 0 Å². The zero-order valence-corrected chi connectivity index (χ0v) is 14.0. The molecule has 2 fully saturated rings. The number of fused-ring (bicyclic) bond motifs is 1. The first kappa shape index (κ1) is 15.2. The van der Waals surface area contributed by atoms with E-state index in [4.69, 9.17) is 0 Å². The van der Waals surface area contributed by atoms with Crippen LogP contribution in [0.3, 0.4) is 0 Å². The summed E-state index contributed by atoms with van der Waals surface area (Å²) in [7, 11) is 0. The zero-order chi connectivity index (χ0) is 16.7. The fourth-order valence-corrected chi connectivity index (χ4v) is 4.73. The van der Waals surface area contributed by atoms with Crippen LogP contribution in [0.1, 0.15) is 19.8 Å². The highest BCUT2D eigenvalue weighted by Gasteiger charge is 2.52. The molecular formula is C16H17N5O2S. The highest BCUT2D eigenvalue weighted by molar-refractivity contribution is 8.01. The molecule has 2 amide bonds. The van der Waals surface area contributed by atoms with Crippen molar-refractivity contribution >= 4 is 29.3 Å². The van der Waals surface area contributed by atoms with Crippen molar-refractivity contribution in [2.45, 2.75) is 30.7 Å². The Bertz CT molecular complexity index is 794. The van der Waals surface area contributed by atoms with E-state index in [1.807, 2.05) is 6.92 Å². The van der Waals surface area contributed by atoms with E-state index in [9.17, 15) is 9.59 Å². The first-order valence-corrected chi connectivity index (χ1v) is 8.79. The third kappa shape index (κ3) is 2.37. The Morgan fingerprint density at radius 3 is 3.08 bits per heavy atom. The number of pyridine rings is 1. The fourth-order valence-electron chi connectivity index (χ4n) is 3.30. The largest absolute Gasteiger partial charge is 0.321 e. The molecule has 0 saturated carbocycles. The molecule has 2 unspecified atom stereocenters. The standard InChI is InChI=1S/C16H17N5O2S/c1-16-6-5-13(22)21(16)12(10-24-16)15(23)19-11-4-2-7-17-14(11)20-9-3-8-18-20/h2-4,7-9,12H,5-6,10H2,1H3,(H,19,23). The lowest BCUT2D eigenvalue weighted by atomic mass is 10.2. The summed E-state index contributed by atoms with van der Waals surface area (Å²) in [4.78, 5) is 30.8. The number of carbonyl (C=O) groups is 2. The molecular weight excluding hydrogens is 326 g/mol. The summed E-state index contributed by atoms with van der Waals surface area (Å²) in [5.41, 5.74) is 0.580. The molecule has 2 atom stereocenters. The molecule has 7 nitrogen and oxygen atoms in total. The lowest BCUT2D eigenvalue weighted by Crippen LogP contribution is -2.48. The van der Waals surface area contributed by atoms with Crippen LogP contribution in [0.4, 0.5) is 5.69 Å². The van der Waals surface area contributed by atoms with Gasteiger partial charge in [-0.3, -0.25) is 9.59 Å². The van der Waals surface area contributed by atoms with E-state index in [-0.39, 0.29) is 16.7 Å². The molecule has 2 aliphatic heterocycles. The van der Waals surface area contributed by atoms with Gasteiger partial charge in [-0.25, -0.2) is 9.67 Å². The van der Waals surface area contributed by atoms with Gasteiger partial charge in [0.15, 0.2) is 5.82 Å². The van der Waals surface area contributed by atoms with Crippen LogP contribution in [0.25, 0.3) is 5.82 Å². The number of nitrogens with one attached hydrogen (secondary N) is 1. The number of aromatic nitrogens is 3. The van der Waals surface area contributed by atoms with Crippen molar-refractivity contribution in [2.75, 3.05) is 11.1 Å². The molecule has 2 saturated heterocycles. The van der Waals surface area contributed by atoms with Gasteiger partial charge in [0.2, 0.25) is 11.8 Å². The van der Waals surface area contributed by atoms with Crippen molar-refractivity contribution in [3.05, 3.63) is 36.8 Å². The predicted octanol–water partition coefficient (Wildman–Crippen LogP) is 1.66. The summed E-state index contributed by atoms with van der Waals surface area (Å²) >= 11 is 1.68. The number of hydrogen-bond donors (Lipinski definition) is 1. The molecule has 2 aromatic rings. The Labute approximate surface area is 143 Å². The lowest BCUT2D eigenvalue weighted by molar-refractivity contribution is -0.135. The minimum Gasteiger partial charge on any atom is -0.321 e. The van der Waals surface area contributed by atoms with Crippen molar-refractivity contribution in [3.63, 3.8) is 0 Å². The van der Waals surface area contributed by atoms with E-state index < -0.39 is 6.04 Å². The third-order valence-corrected chi connectivity index (χ3v) is 6.02. The SMILES string of the molecule is CC12CCC(=O)N1C(C(=O)Nc1cccnc1-n1cccn1)CS2. The summed E-state index contributed by atoms with van der Waals surface area (Å²) in [6.07, 6.45) is 6.39. The highest BCUT2D eigenvalue weighted by Crippen LogP contribution is 2.47. The van der Waals surface area contributed by atoms with Crippen LogP contribution in [0.5, 0.6) is 0 Å². The van der Waals surface area contributed by atoms with Crippen LogP contribution in [0.15, 0.2) is 36.8 Å². The molecule has 2 aliphatic rings. The van der Waals surface area contributed by atoms with Crippen molar-refractivity contribution in [2.24, 2.45) is 0 Å². The summed E-state index contributed by atoms with van der Waals surface area (Å²) in [6.45, 7) is 2.04. The van der Waals surface area contributed by atoms with Crippen LogP contribution in [0.2, 0.25) is 0 Å². The van der Waals surface area contributed by atoms with Gasteiger partial charge >= 0.3 is 0 Å². The molecule has 4 heterocycles. The van der Waals surface area contributed by atoms with Crippen LogP contribution in [-0.2, 0) is 9.59 Å². The number of hydrogen-bond acceptors (Lipinski definition) is 5. The Balaban J connectivity index is 1.59. The summed E-state index contributed by atoms with van der Waals surface area (Å²) in [5, 5.41) is 7.08. The maximum Gasteiger partial charge on any atom is 0.248 e. The number of nitrogens with zero attached hydrogens (tertiary/aromatic N) is 4. The maximum absolute atomic E-state index is 12.8. The van der Waals surface area contributed by atoms with Gasteiger partial charge in [0, 0.05) is 30.8 Å². The van der Waals surface area contributed by atoms with E-state index in [0.29, 0.717) is 23.7 Å². The monoisotopic (exact) mass is 343 g/mol. The summed E-state index contributed by atoms with van der Waals surface area (Å²) in [6, 6.07) is 4.90. The maximum atomic E-state index is 12.8. The van der Waals surface area contributed by atoms with Gasteiger partial charge in [-0.15, -0.1) is 11.8 Å². The smallest absolute Gasteiger partial charge is 0.248 e. The minimum atomic E-state index is -0.444. The first-order valence-electron chi connectivity index (χ1n) is 7.80. The van der Waals surface area contributed by atoms with Crippen molar-refractivity contribution < 1.29 is 9.59 Å². The number of amides is 2. The van der Waals surface area contributed by atoms with Crippen LogP contribution >= 0.6 is 11.8 Å². The predicted molar refractivity (Wildman–Crippen MR) is 90.7 cm³/mol. The lowest BCUT2D eigenvalue weighted by Gasteiger charge is -2.29. The van der Waals surface area contributed by atoms with Crippen LogP contribution in [-0.4, -0.2) is 48.1 Å².